The largest absolute Gasteiger partial charge is 0.508 e. The van der Waals surface area contributed by atoms with Crippen molar-refractivity contribution in [1.82, 2.24) is 9.88 Å². The van der Waals surface area contributed by atoms with Gasteiger partial charge in [0.05, 0.1) is 11.3 Å². The molecule has 0 spiro atoms. The van der Waals surface area contributed by atoms with E-state index in [4.69, 9.17) is 5.73 Å². The Labute approximate surface area is 153 Å². The number of fused-ring (bicyclic) bond motifs is 1. The highest BCUT2D eigenvalue weighted by Crippen LogP contribution is 2.31. The fraction of sp³-hybridized carbons (Fsp3) is 0.632. The Bertz CT molecular complexity index is 655. The lowest BCUT2D eigenvalue weighted by Crippen LogP contribution is -2.41. The molecule has 6 heteroatoms. The van der Waals surface area contributed by atoms with Crippen LogP contribution < -0.4 is 5.73 Å². The number of anilines is 1. The summed E-state index contributed by atoms with van der Waals surface area (Å²) in [4.78, 5) is 8.36. The van der Waals surface area contributed by atoms with E-state index in [9.17, 15) is 10.2 Å². The molecule has 5 nitrogen and oxygen atoms in total. The van der Waals surface area contributed by atoms with Crippen LogP contribution in [0.3, 0.4) is 0 Å². The summed E-state index contributed by atoms with van der Waals surface area (Å²) in [7, 11) is 0. The second-order valence-corrected chi connectivity index (χ2v) is 8.34. The first-order valence-corrected chi connectivity index (χ1v) is 10.1. The maximum absolute atomic E-state index is 10.6. The van der Waals surface area contributed by atoms with E-state index in [-0.39, 0.29) is 5.76 Å². The van der Waals surface area contributed by atoms with Crippen LogP contribution in [-0.2, 0) is 12.8 Å². The Morgan fingerprint density at radius 3 is 3.00 bits per heavy atom. The molecule has 2 unspecified atom stereocenters. The molecule has 2 atom stereocenters. The monoisotopic (exact) mass is 363 g/mol. The number of aromatic nitrogens is 1. The Kier molecular flexibility index (Phi) is 5.81. The van der Waals surface area contributed by atoms with E-state index >= 15 is 0 Å². The summed E-state index contributed by atoms with van der Waals surface area (Å²) < 4.78 is 0. The highest BCUT2D eigenvalue weighted by Gasteiger charge is 2.28. The number of nitrogen functional groups attached to an aromatic ring is 1. The summed E-state index contributed by atoms with van der Waals surface area (Å²) in [5.74, 6) is 0.249. The molecule has 2 aliphatic carbocycles. The molecule has 0 aromatic carbocycles. The van der Waals surface area contributed by atoms with E-state index in [0.717, 1.165) is 51.6 Å². The number of allylic oxidation sites excluding steroid dienone is 1. The maximum Gasteiger partial charge on any atom is 0.180 e. The van der Waals surface area contributed by atoms with Gasteiger partial charge in [-0.2, -0.15) is 0 Å². The van der Waals surface area contributed by atoms with Crippen LogP contribution in [-0.4, -0.2) is 44.8 Å². The molecule has 0 saturated heterocycles. The topological polar surface area (TPSA) is 82.6 Å². The van der Waals surface area contributed by atoms with Crippen LogP contribution in [0.5, 0.6) is 0 Å². The molecule has 0 saturated carbocycles. The Morgan fingerprint density at radius 1 is 1.44 bits per heavy atom. The number of rotatable bonds is 7. The van der Waals surface area contributed by atoms with Gasteiger partial charge in [0, 0.05) is 17.3 Å². The van der Waals surface area contributed by atoms with Crippen molar-refractivity contribution in [3.05, 3.63) is 34.6 Å². The summed E-state index contributed by atoms with van der Waals surface area (Å²) >= 11 is 1.64. The van der Waals surface area contributed by atoms with Crippen molar-refractivity contribution < 1.29 is 10.2 Å². The van der Waals surface area contributed by atoms with Crippen LogP contribution in [0.2, 0.25) is 0 Å². The fourth-order valence-corrected chi connectivity index (χ4v) is 4.83. The zero-order valence-corrected chi connectivity index (χ0v) is 15.8. The van der Waals surface area contributed by atoms with Gasteiger partial charge in [0.1, 0.15) is 5.76 Å². The van der Waals surface area contributed by atoms with Crippen LogP contribution in [0, 0.1) is 0 Å². The van der Waals surface area contributed by atoms with Crippen LogP contribution in [0.15, 0.2) is 24.0 Å². The van der Waals surface area contributed by atoms with E-state index in [0.29, 0.717) is 17.6 Å². The molecule has 138 valence electrons. The number of hydrogen-bond acceptors (Lipinski definition) is 6. The van der Waals surface area contributed by atoms with Crippen molar-refractivity contribution in [2.75, 3.05) is 18.8 Å². The zero-order chi connectivity index (χ0) is 17.9. The number of hydrogen-bond donors (Lipinski definition) is 3. The van der Waals surface area contributed by atoms with Gasteiger partial charge < -0.3 is 20.8 Å². The normalized spacial score (nSPS) is 25.9. The summed E-state index contributed by atoms with van der Waals surface area (Å²) in [6.07, 6.45) is 11.5. The van der Waals surface area contributed by atoms with Gasteiger partial charge in [0.25, 0.3) is 0 Å². The van der Waals surface area contributed by atoms with E-state index < -0.39 is 5.60 Å². The number of aliphatic hydroxyl groups excluding tert-OH is 1. The van der Waals surface area contributed by atoms with Gasteiger partial charge >= 0.3 is 0 Å². The fourth-order valence-electron chi connectivity index (χ4n) is 3.88. The molecule has 0 aliphatic heterocycles. The molecule has 1 aromatic rings. The SMILES string of the molecule is CCCN(CCCC1(O)C=CC(O)=CC1)C1CCc2nc(N)sc2C1. The number of aliphatic hydroxyl groups is 2. The first-order valence-electron chi connectivity index (χ1n) is 9.28. The molecule has 4 N–H and O–H groups in total. The molecular formula is C19H29N3O2S. The van der Waals surface area contributed by atoms with Crippen LogP contribution in [0.1, 0.15) is 49.6 Å². The minimum atomic E-state index is -0.810. The standard InChI is InChI=1S/C19H29N3O2S/c1-2-11-22(12-3-8-19(24)9-6-15(23)7-10-19)14-4-5-16-17(13-14)25-18(20)21-16/h6-7,9,14,23-24H,2-5,8,10-13H2,1H3,(H2,20,21). The molecule has 0 bridgehead atoms. The summed E-state index contributed by atoms with van der Waals surface area (Å²) in [6, 6.07) is 0.549. The predicted octanol–water partition coefficient (Wildman–Crippen LogP) is 3.21. The van der Waals surface area contributed by atoms with Crippen molar-refractivity contribution in [3.63, 3.8) is 0 Å². The molecule has 1 aromatic heterocycles. The second-order valence-electron chi connectivity index (χ2n) is 7.23. The highest BCUT2D eigenvalue weighted by molar-refractivity contribution is 7.15. The van der Waals surface area contributed by atoms with Gasteiger partial charge in [-0.25, -0.2) is 4.98 Å². The smallest absolute Gasteiger partial charge is 0.180 e. The molecule has 1 heterocycles. The second kappa shape index (κ2) is 7.89. The van der Waals surface area contributed by atoms with Crippen molar-refractivity contribution >= 4 is 16.5 Å². The van der Waals surface area contributed by atoms with E-state index in [2.05, 4.69) is 16.8 Å². The van der Waals surface area contributed by atoms with Gasteiger partial charge in [-0.1, -0.05) is 6.92 Å². The summed E-state index contributed by atoms with van der Waals surface area (Å²) in [5.41, 5.74) is 6.25. The third-order valence-corrected chi connectivity index (χ3v) is 6.19. The summed E-state index contributed by atoms with van der Waals surface area (Å²) in [6.45, 7) is 4.30. The Morgan fingerprint density at radius 2 is 2.28 bits per heavy atom. The average molecular weight is 364 g/mol. The highest BCUT2D eigenvalue weighted by atomic mass is 32.1. The maximum atomic E-state index is 10.6. The third-order valence-electron chi connectivity index (χ3n) is 5.24. The lowest BCUT2D eigenvalue weighted by molar-refractivity contribution is 0.0714. The van der Waals surface area contributed by atoms with Crippen molar-refractivity contribution in [1.29, 1.82) is 0 Å². The van der Waals surface area contributed by atoms with Crippen LogP contribution in [0.25, 0.3) is 0 Å². The van der Waals surface area contributed by atoms with E-state index in [1.165, 1.54) is 10.6 Å². The van der Waals surface area contributed by atoms with Crippen molar-refractivity contribution in [2.24, 2.45) is 0 Å². The molecule has 0 fully saturated rings. The molecule has 2 aliphatic rings. The lowest BCUT2D eigenvalue weighted by atomic mass is 9.89. The predicted molar refractivity (Wildman–Crippen MR) is 103 cm³/mol. The Hall–Kier alpha value is -1.37. The third kappa shape index (κ3) is 4.63. The first kappa shape index (κ1) is 18.4. The van der Waals surface area contributed by atoms with Crippen molar-refractivity contribution in [3.8, 4) is 0 Å². The van der Waals surface area contributed by atoms with Gasteiger partial charge in [-0.15, -0.1) is 11.3 Å². The van der Waals surface area contributed by atoms with Crippen molar-refractivity contribution in [2.45, 2.75) is 63.5 Å². The van der Waals surface area contributed by atoms with Crippen LogP contribution in [0.4, 0.5) is 5.13 Å². The van der Waals surface area contributed by atoms with E-state index in [1.807, 2.05) is 0 Å². The minimum Gasteiger partial charge on any atom is -0.508 e. The Balaban J connectivity index is 1.54. The molecular weight excluding hydrogens is 334 g/mol. The minimum absolute atomic E-state index is 0.249. The summed E-state index contributed by atoms with van der Waals surface area (Å²) in [5, 5.41) is 20.7. The van der Waals surface area contributed by atoms with Gasteiger partial charge in [-0.3, -0.25) is 0 Å². The molecule has 25 heavy (non-hydrogen) atoms. The van der Waals surface area contributed by atoms with Gasteiger partial charge in [-0.05, 0) is 69.8 Å². The number of nitrogens with two attached hydrogens (primary N) is 1. The average Bonchev–Trinajstić information content (AvgIpc) is 2.96. The quantitative estimate of drug-likeness (QED) is 0.693. The number of thiazole rings is 1. The number of nitrogens with zero attached hydrogens (tertiary/aromatic N) is 2. The molecule has 0 radical (unpaired) electrons. The first-order chi connectivity index (χ1) is 12.0. The lowest BCUT2D eigenvalue weighted by Gasteiger charge is -2.34. The molecule has 0 amide bonds. The van der Waals surface area contributed by atoms with Crippen LogP contribution >= 0.6 is 11.3 Å². The number of aryl methyl sites for hydroxylation is 1. The van der Waals surface area contributed by atoms with E-state index in [1.54, 1.807) is 29.6 Å². The zero-order valence-electron chi connectivity index (χ0n) is 14.9. The van der Waals surface area contributed by atoms with Gasteiger partial charge in [0.15, 0.2) is 5.13 Å². The molecule has 3 rings (SSSR count). The van der Waals surface area contributed by atoms with Gasteiger partial charge in [0.2, 0.25) is 0 Å².